The molecule has 1 aromatic carbocycles. The average molecular weight is 403 g/mol. The molecule has 154 valence electrons. The zero-order chi connectivity index (χ0) is 20.6. The minimum Gasteiger partial charge on any atom is -0.339 e. The van der Waals surface area contributed by atoms with Crippen molar-refractivity contribution in [1.82, 2.24) is 24.4 Å². The third-order valence-corrected chi connectivity index (χ3v) is 6.48. The van der Waals surface area contributed by atoms with Gasteiger partial charge >= 0.3 is 0 Å². The summed E-state index contributed by atoms with van der Waals surface area (Å²) in [5, 5.41) is 0. The van der Waals surface area contributed by atoms with Crippen LogP contribution in [0.2, 0.25) is 0 Å². The molecule has 4 heterocycles. The summed E-state index contributed by atoms with van der Waals surface area (Å²) >= 11 is 0. The van der Waals surface area contributed by atoms with Gasteiger partial charge in [0, 0.05) is 44.5 Å². The number of aromatic nitrogens is 4. The standard InChI is InChI=1S/C23H26N6O/c1-27-21(30)14-20(19-8-10-24-17-25-19)26-22(27)28-12-13-29-11-5-9-23(29,16-28)15-18-6-3-2-4-7-18/h2-4,6-8,10,14,17H,5,9,11-13,15-16H2,1H3. The molecule has 3 aromatic rings. The van der Waals surface area contributed by atoms with Crippen LogP contribution in [0.25, 0.3) is 11.4 Å². The molecule has 30 heavy (non-hydrogen) atoms. The van der Waals surface area contributed by atoms with Gasteiger partial charge in [0.2, 0.25) is 5.95 Å². The number of rotatable bonds is 4. The fraction of sp³-hybridized carbons (Fsp3) is 0.391. The molecule has 1 unspecified atom stereocenters. The van der Waals surface area contributed by atoms with Gasteiger partial charge in [0.05, 0.1) is 11.4 Å². The molecule has 0 spiro atoms. The minimum absolute atomic E-state index is 0.0698. The fourth-order valence-corrected chi connectivity index (χ4v) is 4.98. The van der Waals surface area contributed by atoms with Crippen molar-refractivity contribution in [3.8, 4) is 11.4 Å². The van der Waals surface area contributed by atoms with Crippen molar-refractivity contribution >= 4 is 5.95 Å². The summed E-state index contributed by atoms with van der Waals surface area (Å²) in [7, 11) is 1.80. The van der Waals surface area contributed by atoms with Crippen molar-refractivity contribution in [1.29, 1.82) is 0 Å². The van der Waals surface area contributed by atoms with Crippen LogP contribution in [0.1, 0.15) is 18.4 Å². The molecule has 0 bridgehead atoms. The van der Waals surface area contributed by atoms with E-state index in [9.17, 15) is 4.79 Å². The van der Waals surface area contributed by atoms with Crippen LogP contribution >= 0.6 is 0 Å². The number of nitrogens with zero attached hydrogens (tertiary/aromatic N) is 6. The Hall–Kier alpha value is -3.06. The zero-order valence-corrected chi connectivity index (χ0v) is 17.2. The highest BCUT2D eigenvalue weighted by atomic mass is 16.1. The molecular formula is C23H26N6O. The predicted molar refractivity (Wildman–Crippen MR) is 116 cm³/mol. The number of piperazine rings is 1. The lowest BCUT2D eigenvalue weighted by Crippen LogP contribution is -2.61. The van der Waals surface area contributed by atoms with E-state index in [4.69, 9.17) is 4.98 Å². The van der Waals surface area contributed by atoms with Crippen molar-refractivity contribution in [3.63, 3.8) is 0 Å². The third kappa shape index (κ3) is 3.39. The molecule has 2 fully saturated rings. The van der Waals surface area contributed by atoms with Gasteiger partial charge in [-0.15, -0.1) is 0 Å². The summed E-state index contributed by atoms with van der Waals surface area (Å²) < 4.78 is 1.66. The Morgan fingerprint density at radius 1 is 1.07 bits per heavy atom. The van der Waals surface area contributed by atoms with Gasteiger partial charge in [-0.05, 0) is 37.4 Å². The van der Waals surface area contributed by atoms with Crippen molar-refractivity contribution < 1.29 is 0 Å². The molecule has 2 saturated heterocycles. The summed E-state index contributed by atoms with van der Waals surface area (Å²) in [5.74, 6) is 0.718. The first-order valence-electron chi connectivity index (χ1n) is 10.5. The smallest absolute Gasteiger partial charge is 0.255 e. The number of fused-ring (bicyclic) bond motifs is 1. The molecule has 1 atom stereocenters. The summed E-state index contributed by atoms with van der Waals surface area (Å²) in [6.07, 6.45) is 6.56. The van der Waals surface area contributed by atoms with Gasteiger partial charge in [-0.1, -0.05) is 30.3 Å². The first kappa shape index (κ1) is 18.9. The van der Waals surface area contributed by atoms with Crippen molar-refractivity contribution in [2.75, 3.05) is 31.1 Å². The van der Waals surface area contributed by atoms with Crippen molar-refractivity contribution in [2.24, 2.45) is 7.05 Å². The van der Waals surface area contributed by atoms with Gasteiger partial charge < -0.3 is 4.90 Å². The van der Waals surface area contributed by atoms with Crippen LogP contribution in [0.3, 0.4) is 0 Å². The highest BCUT2D eigenvalue weighted by molar-refractivity contribution is 5.55. The summed E-state index contributed by atoms with van der Waals surface area (Å²) in [5.41, 5.74) is 2.65. The molecule has 0 amide bonds. The molecule has 2 aromatic heterocycles. The van der Waals surface area contributed by atoms with E-state index in [1.165, 1.54) is 18.3 Å². The fourth-order valence-electron chi connectivity index (χ4n) is 4.98. The Morgan fingerprint density at radius 3 is 2.73 bits per heavy atom. The van der Waals surface area contributed by atoms with E-state index >= 15 is 0 Å². The maximum absolute atomic E-state index is 12.7. The summed E-state index contributed by atoms with van der Waals surface area (Å²) in [6.45, 7) is 3.87. The lowest BCUT2D eigenvalue weighted by Gasteiger charge is -2.48. The Morgan fingerprint density at radius 2 is 1.93 bits per heavy atom. The lowest BCUT2D eigenvalue weighted by atomic mass is 9.86. The molecule has 2 aliphatic rings. The van der Waals surface area contributed by atoms with Crippen molar-refractivity contribution in [3.05, 3.63) is 70.9 Å². The monoisotopic (exact) mass is 402 g/mol. The van der Waals surface area contributed by atoms with Crippen LogP contribution in [0.4, 0.5) is 5.95 Å². The van der Waals surface area contributed by atoms with E-state index in [0.717, 1.165) is 45.0 Å². The quantitative estimate of drug-likeness (QED) is 0.666. The molecule has 0 radical (unpaired) electrons. The molecule has 0 saturated carbocycles. The molecule has 5 rings (SSSR count). The Bertz CT molecular complexity index is 1080. The van der Waals surface area contributed by atoms with E-state index in [0.29, 0.717) is 11.4 Å². The van der Waals surface area contributed by atoms with Gasteiger partial charge in [0.25, 0.3) is 5.56 Å². The van der Waals surface area contributed by atoms with Gasteiger partial charge in [-0.3, -0.25) is 14.3 Å². The van der Waals surface area contributed by atoms with E-state index in [2.05, 4.69) is 50.1 Å². The number of hydrogen-bond acceptors (Lipinski definition) is 6. The molecule has 0 N–H and O–H groups in total. The second-order valence-corrected chi connectivity index (χ2v) is 8.33. The normalized spacial score (nSPS) is 21.6. The third-order valence-electron chi connectivity index (χ3n) is 6.48. The van der Waals surface area contributed by atoms with Crippen LogP contribution < -0.4 is 10.5 Å². The van der Waals surface area contributed by atoms with Gasteiger partial charge in [0.15, 0.2) is 0 Å². The van der Waals surface area contributed by atoms with Crippen LogP contribution in [-0.4, -0.2) is 56.1 Å². The first-order valence-corrected chi connectivity index (χ1v) is 10.5. The molecule has 7 heteroatoms. The van der Waals surface area contributed by atoms with Crippen molar-refractivity contribution in [2.45, 2.75) is 24.8 Å². The Balaban J connectivity index is 1.50. The maximum Gasteiger partial charge on any atom is 0.255 e. The molecule has 0 aliphatic carbocycles. The number of anilines is 1. The predicted octanol–water partition coefficient (Wildman–Crippen LogP) is 2.13. The van der Waals surface area contributed by atoms with E-state index < -0.39 is 0 Å². The van der Waals surface area contributed by atoms with E-state index in [1.807, 2.05) is 0 Å². The lowest BCUT2D eigenvalue weighted by molar-refractivity contribution is 0.119. The maximum atomic E-state index is 12.7. The van der Waals surface area contributed by atoms with Gasteiger partial charge in [0.1, 0.15) is 6.33 Å². The van der Waals surface area contributed by atoms with Gasteiger partial charge in [-0.25, -0.2) is 15.0 Å². The number of benzene rings is 1. The summed E-state index contributed by atoms with van der Waals surface area (Å²) in [4.78, 5) is 30.8. The average Bonchev–Trinajstić information content (AvgIpc) is 3.19. The highest BCUT2D eigenvalue weighted by Crippen LogP contribution is 2.37. The van der Waals surface area contributed by atoms with Crippen LogP contribution in [0.15, 0.2) is 59.8 Å². The second-order valence-electron chi connectivity index (χ2n) is 8.33. The molecule has 7 nitrogen and oxygen atoms in total. The van der Waals surface area contributed by atoms with E-state index in [1.54, 1.807) is 29.9 Å². The van der Waals surface area contributed by atoms with Crippen LogP contribution in [-0.2, 0) is 13.5 Å². The molecule has 2 aliphatic heterocycles. The SMILES string of the molecule is Cn1c(N2CCN3CCCC3(Cc3ccccc3)C2)nc(-c2ccncn2)cc1=O. The zero-order valence-electron chi connectivity index (χ0n) is 17.2. The first-order chi connectivity index (χ1) is 14.6. The van der Waals surface area contributed by atoms with E-state index in [-0.39, 0.29) is 11.1 Å². The number of hydrogen-bond donors (Lipinski definition) is 0. The summed E-state index contributed by atoms with van der Waals surface area (Å²) in [6, 6.07) is 14.1. The largest absolute Gasteiger partial charge is 0.339 e. The topological polar surface area (TPSA) is 67.2 Å². The van der Waals surface area contributed by atoms with Crippen LogP contribution in [0.5, 0.6) is 0 Å². The highest BCUT2D eigenvalue weighted by Gasteiger charge is 2.45. The second kappa shape index (κ2) is 7.65. The van der Waals surface area contributed by atoms with Crippen LogP contribution in [0, 0.1) is 0 Å². The minimum atomic E-state index is -0.0698. The van der Waals surface area contributed by atoms with Gasteiger partial charge in [-0.2, -0.15) is 0 Å². The molecular weight excluding hydrogens is 376 g/mol. The Kier molecular flexibility index (Phi) is 4.83. The Labute approximate surface area is 176 Å².